The van der Waals surface area contributed by atoms with Crippen LogP contribution in [-0.2, 0) is 31.3 Å². The molecule has 2 aromatic heterocycles. The van der Waals surface area contributed by atoms with Crippen molar-refractivity contribution < 1.29 is 24.2 Å². The predicted molar refractivity (Wildman–Crippen MR) is 118 cm³/mol. The largest absolute Gasteiger partial charge is 0.458 e. The Bertz CT molecular complexity index is 1360. The number of hydrogen-bond acceptors (Lipinski definition) is 8. The molecule has 33 heavy (non-hydrogen) atoms. The van der Waals surface area contributed by atoms with Crippen molar-refractivity contribution in [2.24, 2.45) is 5.73 Å². The van der Waals surface area contributed by atoms with Crippen molar-refractivity contribution in [2.75, 3.05) is 6.73 Å². The van der Waals surface area contributed by atoms with Crippen molar-refractivity contribution in [1.82, 2.24) is 9.55 Å². The molecule has 0 radical (unpaired) electrons. The number of aromatic nitrogens is 2. The van der Waals surface area contributed by atoms with E-state index in [1.807, 2.05) is 30.3 Å². The SMILES string of the molecule is CC[C@@]1(O)C(=O)OCc2c1cc1n(c2=O)C(CCC(=O)OCN)c2cc3ccccc3nc2-1. The third kappa shape index (κ3) is 3.15. The van der Waals surface area contributed by atoms with Crippen molar-refractivity contribution in [1.29, 1.82) is 0 Å². The van der Waals surface area contributed by atoms with Crippen LogP contribution in [0.1, 0.15) is 48.9 Å². The smallest absolute Gasteiger partial charge is 0.343 e. The van der Waals surface area contributed by atoms with E-state index in [4.69, 9.17) is 20.2 Å². The first-order chi connectivity index (χ1) is 15.9. The zero-order valence-electron chi connectivity index (χ0n) is 18.0. The number of carbonyl (C=O) groups excluding carboxylic acids is 2. The number of para-hydroxylation sites is 1. The average Bonchev–Trinajstić information content (AvgIpc) is 3.12. The van der Waals surface area contributed by atoms with Gasteiger partial charge in [0.05, 0.1) is 28.5 Å². The topological polar surface area (TPSA) is 134 Å². The molecular weight excluding hydrogens is 426 g/mol. The normalized spacial score (nSPS) is 20.7. The summed E-state index contributed by atoms with van der Waals surface area (Å²) in [6, 6.07) is 10.8. The van der Waals surface area contributed by atoms with Gasteiger partial charge in [-0.15, -0.1) is 0 Å². The summed E-state index contributed by atoms with van der Waals surface area (Å²) >= 11 is 0. The van der Waals surface area contributed by atoms with E-state index in [0.717, 1.165) is 16.5 Å². The van der Waals surface area contributed by atoms with Crippen LogP contribution in [0.2, 0.25) is 0 Å². The van der Waals surface area contributed by atoms with Gasteiger partial charge < -0.3 is 14.6 Å². The molecule has 2 aliphatic rings. The van der Waals surface area contributed by atoms with Crippen LogP contribution in [0.4, 0.5) is 0 Å². The molecule has 0 amide bonds. The molecular formula is C24H23N3O6. The second kappa shape index (κ2) is 7.79. The second-order valence-corrected chi connectivity index (χ2v) is 8.24. The Morgan fingerprint density at radius 1 is 1.33 bits per heavy atom. The summed E-state index contributed by atoms with van der Waals surface area (Å²) in [4.78, 5) is 42.9. The van der Waals surface area contributed by atoms with Crippen LogP contribution < -0.4 is 11.3 Å². The van der Waals surface area contributed by atoms with E-state index in [2.05, 4.69) is 0 Å². The molecule has 5 rings (SSSR count). The van der Waals surface area contributed by atoms with Crippen molar-refractivity contribution >= 4 is 22.8 Å². The first-order valence-electron chi connectivity index (χ1n) is 10.8. The van der Waals surface area contributed by atoms with E-state index in [1.54, 1.807) is 17.6 Å². The average molecular weight is 449 g/mol. The van der Waals surface area contributed by atoms with Gasteiger partial charge in [0.15, 0.2) is 5.60 Å². The molecule has 0 saturated carbocycles. The standard InChI is InChI=1S/C24H23N3O6/c1-2-24(31)16-10-19-21-14(9-13-5-3-4-6-17(13)26-21)18(7-8-20(28)33-12-25)27(19)22(29)15(16)11-32-23(24)30/h3-6,9-10,18,31H,2,7-8,11-12,25H2,1H3/t18?,24-/m0/s1. The summed E-state index contributed by atoms with van der Waals surface area (Å²) in [6.07, 6.45) is 0.425. The van der Waals surface area contributed by atoms with Crippen LogP contribution in [0.3, 0.4) is 0 Å². The van der Waals surface area contributed by atoms with Gasteiger partial charge in [0, 0.05) is 22.9 Å². The minimum atomic E-state index is -1.90. The van der Waals surface area contributed by atoms with Gasteiger partial charge in [-0.1, -0.05) is 25.1 Å². The van der Waals surface area contributed by atoms with Crippen molar-refractivity contribution in [2.45, 2.75) is 44.4 Å². The van der Waals surface area contributed by atoms with Gasteiger partial charge in [0.25, 0.3) is 5.56 Å². The van der Waals surface area contributed by atoms with Crippen LogP contribution in [0.15, 0.2) is 41.2 Å². The molecule has 0 saturated heterocycles. The highest BCUT2D eigenvalue weighted by Gasteiger charge is 2.46. The number of rotatable bonds is 5. The lowest BCUT2D eigenvalue weighted by Crippen LogP contribution is -2.44. The summed E-state index contributed by atoms with van der Waals surface area (Å²) < 4.78 is 11.6. The molecule has 1 aromatic carbocycles. The van der Waals surface area contributed by atoms with Crippen molar-refractivity contribution in [3.05, 3.63) is 63.4 Å². The molecule has 170 valence electrons. The number of aliphatic hydroxyl groups is 1. The number of nitrogens with zero attached hydrogens (tertiary/aromatic N) is 2. The van der Waals surface area contributed by atoms with Gasteiger partial charge in [-0.2, -0.15) is 0 Å². The Balaban J connectivity index is 1.74. The fourth-order valence-electron chi connectivity index (χ4n) is 4.80. The third-order valence-electron chi connectivity index (χ3n) is 6.52. The lowest BCUT2D eigenvalue weighted by atomic mass is 9.86. The highest BCUT2D eigenvalue weighted by atomic mass is 16.6. The van der Waals surface area contributed by atoms with E-state index in [0.29, 0.717) is 17.8 Å². The van der Waals surface area contributed by atoms with E-state index in [9.17, 15) is 19.5 Å². The van der Waals surface area contributed by atoms with Gasteiger partial charge in [-0.3, -0.25) is 19.9 Å². The van der Waals surface area contributed by atoms with Crippen molar-refractivity contribution in [3.63, 3.8) is 0 Å². The molecule has 9 heteroatoms. The maximum absolute atomic E-state index is 13.7. The van der Waals surface area contributed by atoms with E-state index in [-0.39, 0.29) is 42.9 Å². The Hall–Kier alpha value is -3.56. The number of nitrogens with two attached hydrogens (primary N) is 1. The molecule has 0 fully saturated rings. The maximum atomic E-state index is 13.7. The molecule has 0 aliphatic carbocycles. The van der Waals surface area contributed by atoms with E-state index >= 15 is 0 Å². The molecule has 0 bridgehead atoms. The highest BCUT2D eigenvalue weighted by molar-refractivity contribution is 5.86. The number of hydrogen-bond donors (Lipinski definition) is 2. The minimum Gasteiger partial charge on any atom is -0.458 e. The Morgan fingerprint density at radius 2 is 2.12 bits per heavy atom. The van der Waals surface area contributed by atoms with Crippen molar-refractivity contribution in [3.8, 4) is 11.4 Å². The van der Waals surface area contributed by atoms with E-state index < -0.39 is 23.6 Å². The highest BCUT2D eigenvalue weighted by Crippen LogP contribution is 2.44. The van der Waals surface area contributed by atoms with Crippen LogP contribution in [-0.4, -0.2) is 33.3 Å². The molecule has 0 spiro atoms. The number of fused-ring (bicyclic) bond motifs is 5. The molecule has 3 N–H and O–H groups in total. The van der Waals surface area contributed by atoms with Crippen LogP contribution in [0.25, 0.3) is 22.3 Å². The number of pyridine rings is 2. The Morgan fingerprint density at radius 3 is 2.88 bits per heavy atom. The Labute approximate surface area is 188 Å². The number of cyclic esters (lactones) is 1. The molecule has 2 atom stereocenters. The summed E-state index contributed by atoms with van der Waals surface area (Å²) in [5.41, 5.74) is 6.14. The zero-order valence-corrected chi connectivity index (χ0v) is 18.0. The first-order valence-corrected chi connectivity index (χ1v) is 10.8. The summed E-state index contributed by atoms with van der Waals surface area (Å²) in [6.45, 7) is 1.23. The number of carbonyl (C=O) groups is 2. The number of ether oxygens (including phenoxy) is 2. The van der Waals surface area contributed by atoms with Gasteiger partial charge >= 0.3 is 11.9 Å². The van der Waals surface area contributed by atoms with Crippen LogP contribution in [0.5, 0.6) is 0 Å². The monoisotopic (exact) mass is 449 g/mol. The lowest BCUT2D eigenvalue weighted by Gasteiger charge is -2.32. The molecule has 1 unspecified atom stereocenters. The number of benzene rings is 1. The number of esters is 2. The second-order valence-electron chi connectivity index (χ2n) is 8.24. The van der Waals surface area contributed by atoms with E-state index in [1.165, 1.54) is 0 Å². The summed E-state index contributed by atoms with van der Waals surface area (Å²) in [5, 5.41) is 12.0. The summed E-state index contributed by atoms with van der Waals surface area (Å²) in [5.74, 6) is -1.23. The Kier molecular flexibility index (Phi) is 5.02. The van der Waals surface area contributed by atoms with Crippen LogP contribution in [0, 0.1) is 0 Å². The van der Waals surface area contributed by atoms with Gasteiger partial charge in [-0.05, 0) is 31.0 Å². The van der Waals surface area contributed by atoms with Crippen LogP contribution >= 0.6 is 0 Å². The van der Waals surface area contributed by atoms with Gasteiger partial charge in [0.1, 0.15) is 13.3 Å². The zero-order chi connectivity index (χ0) is 23.3. The quantitative estimate of drug-likeness (QED) is 0.445. The van der Waals surface area contributed by atoms with Gasteiger partial charge in [-0.25, -0.2) is 9.78 Å². The predicted octanol–water partition coefficient (Wildman–Crippen LogP) is 1.86. The maximum Gasteiger partial charge on any atom is 0.343 e. The fraction of sp³-hybridized carbons (Fsp3) is 0.333. The minimum absolute atomic E-state index is 0.0605. The lowest BCUT2D eigenvalue weighted by molar-refractivity contribution is -0.172. The molecule has 2 aliphatic heterocycles. The third-order valence-corrected chi connectivity index (χ3v) is 6.52. The molecule has 3 aromatic rings. The summed E-state index contributed by atoms with van der Waals surface area (Å²) in [7, 11) is 0. The van der Waals surface area contributed by atoms with Gasteiger partial charge in [0.2, 0.25) is 0 Å². The fourth-order valence-corrected chi connectivity index (χ4v) is 4.80. The molecule has 4 heterocycles. The first kappa shape index (κ1) is 21.3. The molecule has 9 nitrogen and oxygen atoms in total.